The molecule has 1 atom stereocenters. The van der Waals surface area contributed by atoms with Crippen molar-refractivity contribution in [3.05, 3.63) is 28.2 Å². The van der Waals surface area contributed by atoms with Gasteiger partial charge in [0.25, 0.3) is 0 Å². The smallest absolute Gasteiger partial charge is 0.321 e. The summed E-state index contributed by atoms with van der Waals surface area (Å²) in [5, 5.41) is 15.1. The minimum atomic E-state index is -1.07. The summed E-state index contributed by atoms with van der Waals surface area (Å²) in [5.74, 6) is -1.22. The average molecular weight is 333 g/mol. The quantitative estimate of drug-likeness (QED) is 0.717. The van der Waals surface area contributed by atoms with E-state index in [9.17, 15) is 9.59 Å². The third-order valence-electron chi connectivity index (χ3n) is 2.69. The molecular weight excluding hydrogens is 315 g/mol. The van der Waals surface area contributed by atoms with E-state index in [4.69, 9.17) is 28.3 Å². The van der Waals surface area contributed by atoms with Gasteiger partial charge in [0.1, 0.15) is 6.04 Å². The van der Waals surface area contributed by atoms with Crippen LogP contribution in [-0.2, 0) is 9.59 Å². The van der Waals surface area contributed by atoms with Crippen LogP contribution in [0.5, 0.6) is 0 Å². The Bertz CT molecular complexity index is 521. The summed E-state index contributed by atoms with van der Waals surface area (Å²) in [5.41, 5.74) is 0.363. The number of benzene rings is 1. The van der Waals surface area contributed by atoms with Crippen molar-refractivity contribution >= 4 is 40.8 Å². The average Bonchev–Trinajstić information content (AvgIpc) is 2.39. The van der Waals surface area contributed by atoms with E-state index in [1.165, 1.54) is 0 Å². The molecule has 0 saturated heterocycles. The minimum Gasteiger partial charge on any atom is -0.480 e. The predicted octanol–water partition coefficient (Wildman–Crippen LogP) is 3.02. The summed E-state index contributed by atoms with van der Waals surface area (Å²) in [6.07, 6.45) is -0.190. The standard InChI is InChI=1S/C14H18Cl2N2O3/c1-8(2)7-17-11(14(20)21)6-12(19)18-10-5-3-4-9(15)13(10)16/h3-5,8,11,17H,6-7H2,1-2H3,(H,18,19)(H,20,21). The molecule has 3 N–H and O–H groups in total. The number of carboxylic acid groups (broad SMARTS) is 1. The van der Waals surface area contributed by atoms with Crippen LogP contribution in [0.2, 0.25) is 10.0 Å². The molecule has 1 aromatic carbocycles. The summed E-state index contributed by atoms with van der Waals surface area (Å²) in [6, 6.07) is 3.91. The van der Waals surface area contributed by atoms with E-state index in [2.05, 4.69) is 10.6 Å². The van der Waals surface area contributed by atoms with Crippen molar-refractivity contribution in [3.8, 4) is 0 Å². The van der Waals surface area contributed by atoms with Crippen LogP contribution in [0.25, 0.3) is 0 Å². The SMILES string of the molecule is CC(C)CNC(CC(=O)Nc1cccc(Cl)c1Cl)C(=O)O. The molecule has 1 aromatic rings. The lowest BCUT2D eigenvalue weighted by Gasteiger charge is -2.16. The topological polar surface area (TPSA) is 78.4 Å². The zero-order valence-corrected chi connectivity index (χ0v) is 13.3. The molecule has 0 saturated carbocycles. The zero-order valence-electron chi connectivity index (χ0n) is 11.8. The van der Waals surface area contributed by atoms with Gasteiger partial charge in [0.2, 0.25) is 5.91 Å². The Morgan fingerprint density at radius 2 is 1.95 bits per heavy atom. The van der Waals surface area contributed by atoms with Gasteiger partial charge in [-0.15, -0.1) is 0 Å². The number of aliphatic carboxylic acids is 1. The second kappa shape index (κ2) is 8.22. The van der Waals surface area contributed by atoms with Crippen molar-refractivity contribution in [2.24, 2.45) is 5.92 Å². The van der Waals surface area contributed by atoms with Gasteiger partial charge in [-0.3, -0.25) is 9.59 Å². The minimum absolute atomic E-state index is 0.190. The zero-order chi connectivity index (χ0) is 16.0. The van der Waals surface area contributed by atoms with Gasteiger partial charge in [-0.2, -0.15) is 0 Å². The van der Waals surface area contributed by atoms with Gasteiger partial charge in [0.05, 0.1) is 22.2 Å². The normalized spacial score (nSPS) is 12.2. The number of amides is 1. The van der Waals surface area contributed by atoms with Crippen molar-refractivity contribution in [2.45, 2.75) is 26.3 Å². The number of carboxylic acids is 1. The molecule has 0 aliphatic carbocycles. The number of hydrogen-bond acceptors (Lipinski definition) is 3. The molecule has 1 amide bonds. The number of carbonyl (C=O) groups excluding carboxylic acids is 1. The van der Waals surface area contributed by atoms with Crippen LogP contribution in [0, 0.1) is 5.92 Å². The van der Waals surface area contributed by atoms with E-state index in [0.717, 1.165) is 0 Å². The number of carbonyl (C=O) groups is 2. The van der Waals surface area contributed by atoms with Gasteiger partial charge >= 0.3 is 5.97 Å². The Morgan fingerprint density at radius 3 is 2.52 bits per heavy atom. The first-order chi connectivity index (χ1) is 9.81. The molecule has 0 spiro atoms. The fourth-order valence-corrected chi connectivity index (χ4v) is 1.96. The number of nitrogens with one attached hydrogen (secondary N) is 2. The number of anilines is 1. The molecule has 1 rings (SSSR count). The van der Waals surface area contributed by atoms with Gasteiger partial charge in [-0.1, -0.05) is 43.1 Å². The van der Waals surface area contributed by atoms with Crippen LogP contribution >= 0.6 is 23.2 Å². The van der Waals surface area contributed by atoms with Crippen LogP contribution in [0.1, 0.15) is 20.3 Å². The van der Waals surface area contributed by atoms with E-state index in [-0.39, 0.29) is 17.4 Å². The van der Waals surface area contributed by atoms with E-state index >= 15 is 0 Å². The van der Waals surface area contributed by atoms with Crippen LogP contribution in [-0.4, -0.2) is 29.6 Å². The first kappa shape index (κ1) is 17.8. The molecule has 1 unspecified atom stereocenters. The maximum Gasteiger partial charge on any atom is 0.321 e. The lowest BCUT2D eigenvalue weighted by Crippen LogP contribution is -2.41. The van der Waals surface area contributed by atoms with Gasteiger partial charge in [-0.05, 0) is 24.6 Å². The van der Waals surface area contributed by atoms with Crippen LogP contribution < -0.4 is 10.6 Å². The van der Waals surface area contributed by atoms with Crippen molar-refractivity contribution in [1.82, 2.24) is 5.32 Å². The largest absolute Gasteiger partial charge is 0.480 e. The van der Waals surface area contributed by atoms with Crippen LogP contribution in [0.4, 0.5) is 5.69 Å². The van der Waals surface area contributed by atoms with E-state index in [1.54, 1.807) is 18.2 Å². The molecular formula is C14H18Cl2N2O3. The molecule has 0 aliphatic heterocycles. The molecule has 0 fully saturated rings. The molecule has 0 radical (unpaired) electrons. The summed E-state index contributed by atoms with van der Waals surface area (Å²) in [6.45, 7) is 4.43. The highest BCUT2D eigenvalue weighted by molar-refractivity contribution is 6.43. The molecule has 116 valence electrons. The number of halogens is 2. The number of hydrogen-bond donors (Lipinski definition) is 3. The predicted molar refractivity (Wildman–Crippen MR) is 84.0 cm³/mol. The third-order valence-corrected chi connectivity index (χ3v) is 3.50. The maximum atomic E-state index is 11.9. The fraction of sp³-hybridized carbons (Fsp3) is 0.429. The van der Waals surface area contributed by atoms with Gasteiger partial charge < -0.3 is 15.7 Å². The van der Waals surface area contributed by atoms with Gasteiger partial charge in [0.15, 0.2) is 0 Å². The maximum absolute atomic E-state index is 11.9. The highest BCUT2D eigenvalue weighted by Gasteiger charge is 2.21. The molecule has 0 aromatic heterocycles. The second-order valence-corrected chi connectivity index (χ2v) is 5.83. The molecule has 5 nitrogen and oxygen atoms in total. The molecule has 21 heavy (non-hydrogen) atoms. The number of rotatable bonds is 7. The Labute approximate surface area is 133 Å². The Morgan fingerprint density at radius 1 is 1.29 bits per heavy atom. The highest BCUT2D eigenvalue weighted by Crippen LogP contribution is 2.29. The monoisotopic (exact) mass is 332 g/mol. The summed E-state index contributed by atoms with van der Waals surface area (Å²) in [4.78, 5) is 23.1. The Hall–Kier alpha value is -1.30. The summed E-state index contributed by atoms with van der Waals surface area (Å²) >= 11 is 11.8. The van der Waals surface area contributed by atoms with Crippen molar-refractivity contribution < 1.29 is 14.7 Å². The van der Waals surface area contributed by atoms with Crippen LogP contribution in [0.3, 0.4) is 0 Å². The Balaban J connectivity index is 2.65. The Kier molecular flexibility index (Phi) is 6.95. The molecule has 0 bridgehead atoms. The lowest BCUT2D eigenvalue weighted by molar-refractivity contribution is -0.141. The summed E-state index contributed by atoms with van der Waals surface area (Å²) < 4.78 is 0. The molecule has 7 heteroatoms. The van der Waals surface area contributed by atoms with Crippen molar-refractivity contribution in [2.75, 3.05) is 11.9 Å². The van der Waals surface area contributed by atoms with Gasteiger partial charge in [-0.25, -0.2) is 0 Å². The molecule has 0 aliphatic rings. The van der Waals surface area contributed by atoms with E-state index in [0.29, 0.717) is 17.3 Å². The van der Waals surface area contributed by atoms with E-state index in [1.807, 2.05) is 13.8 Å². The van der Waals surface area contributed by atoms with Crippen LogP contribution in [0.15, 0.2) is 18.2 Å². The van der Waals surface area contributed by atoms with Crippen molar-refractivity contribution in [3.63, 3.8) is 0 Å². The third kappa shape index (κ3) is 5.91. The molecule has 0 heterocycles. The first-order valence-electron chi connectivity index (χ1n) is 6.51. The van der Waals surface area contributed by atoms with E-state index < -0.39 is 17.9 Å². The lowest BCUT2D eigenvalue weighted by atomic mass is 10.1. The summed E-state index contributed by atoms with van der Waals surface area (Å²) in [7, 11) is 0. The fourth-order valence-electron chi connectivity index (χ4n) is 1.61. The second-order valence-electron chi connectivity index (χ2n) is 5.05. The van der Waals surface area contributed by atoms with Gasteiger partial charge in [0, 0.05) is 0 Å². The first-order valence-corrected chi connectivity index (χ1v) is 7.27. The highest BCUT2D eigenvalue weighted by atomic mass is 35.5. The van der Waals surface area contributed by atoms with Crippen molar-refractivity contribution in [1.29, 1.82) is 0 Å².